The van der Waals surface area contributed by atoms with Crippen molar-refractivity contribution in [2.75, 3.05) is 11.6 Å². The van der Waals surface area contributed by atoms with Crippen LogP contribution < -0.4 is 5.32 Å². The Morgan fingerprint density at radius 1 is 1.21 bits per heavy atom. The summed E-state index contributed by atoms with van der Waals surface area (Å²) < 4.78 is 27.1. The summed E-state index contributed by atoms with van der Waals surface area (Å²) in [6, 6.07) is 11.9. The molecule has 124 valence electrons. The van der Waals surface area contributed by atoms with E-state index in [-0.39, 0.29) is 5.69 Å². The Balaban J connectivity index is 1.94. The number of alkyl halides is 2. The van der Waals surface area contributed by atoms with Gasteiger partial charge >= 0.3 is 0 Å². The van der Waals surface area contributed by atoms with Gasteiger partial charge in [-0.1, -0.05) is 41.7 Å². The van der Waals surface area contributed by atoms with Crippen molar-refractivity contribution in [1.82, 2.24) is 9.38 Å². The van der Waals surface area contributed by atoms with Crippen LogP contribution in [0, 0.1) is 0 Å². The van der Waals surface area contributed by atoms with E-state index in [0.29, 0.717) is 33.0 Å². The van der Waals surface area contributed by atoms with Gasteiger partial charge in [-0.3, -0.25) is 9.20 Å². The zero-order chi connectivity index (χ0) is 17.1. The van der Waals surface area contributed by atoms with Gasteiger partial charge in [0.25, 0.3) is 11.7 Å². The maximum Gasteiger partial charge on any atom is 0.288 e. The summed E-state index contributed by atoms with van der Waals surface area (Å²) in [5.41, 5.74) is 1.27. The van der Waals surface area contributed by atoms with Crippen LogP contribution in [0.2, 0.25) is 0 Å². The minimum atomic E-state index is -2.56. The second-order valence-electron chi connectivity index (χ2n) is 4.73. The third-order valence-corrected chi connectivity index (χ3v) is 4.71. The van der Waals surface area contributed by atoms with Gasteiger partial charge in [0.15, 0.2) is 10.9 Å². The Morgan fingerprint density at radius 3 is 2.71 bits per heavy atom. The molecule has 1 amide bonds. The summed E-state index contributed by atoms with van der Waals surface area (Å²) in [4.78, 5) is 17.3. The predicted molar refractivity (Wildman–Crippen MR) is 93.2 cm³/mol. The average molecular weight is 365 g/mol. The molecule has 1 N–H and O–H groups in total. The molecular formula is C16H13F2N3OS2. The zero-order valence-corrected chi connectivity index (χ0v) is 14.2. The topological polar surface area (TPSA) is 46.4 Å². The molecule has 2 heterocycles. The molecule has 0 bridgehead atoms. The van der Waals surface area contributed by atoms with Crippen LogP contribution >= 0.6 is 23.5 Å². The standard InChI is InChI=1S/C16H13F2N3OS2/c1-23-16-20-13(11-7-4-5-9-21(11)16)14(22)19-10-6-2-3-8-12(10)24-15(17)18/h2-9,15H,1H3,(H,19,22). The lowest BCUT2D eigenvalue weighted by Crippen LogP contribution is -2.13. The lowest BCUT2D eigenvalue weighted by molar-refractivity contribution is 0.102. The number of thioether (sulfide) groups is 2. The van der Waals surface area contributed by atoms with Crippen LogP contribution in [-0.2, 0) is 0 Å². The highest BCUT2D eigenvalue weighted by Gasteiger charge is 2.18. The summed E-state index contributed by atoms with van der Waals surface area (Å²) in [6.07, 6.45) is 3.70. The number of hydrogen-bond acceptors (Lipinski definition) is 4. The molecule has 3 aromatic rings. The van der Waals surface area contributed by atoms with Gasteiger partial charge < -0.3 is 5.32 Å². The quantitative estimate of drug-likeness (QED) is 0.670. The van der Waals surface area contributed by atoms with Gasteiger partial charge in [-0.05, 0) is 30.5 Å². The summed E-state index contributed by atoms with van der Waals surface area (Å²) in [5.74, 6) is -2.99. The molecule has 3 rings (SSSR count). The monoisotopic (exact) mass is 365 g/mol. The highest BCUT2D eigenvalue weighted by atomic mass is 32.2. The van der Waals surface area contributed by atoms with Gasteiger partial charge in [0.05, 0.1) is 11.2 Å². The fraction of sp³-hybridized carbons (Fsp3) is 0.125. The second kappa shape index (κ2) is 7.23. The minimum absolute atomic E-state index is 0.261. The highest BCUT2D eigenvalue weighted by molar-refractivity contribution is 7.99. The molecule has 0 saturated heterocycles. The van der Waals surface area contributed by atoms with Crippen molar-refractivity contribution in [3.05, 3.63) is 54.4 Å². The third-order valence-electron chi connectivity index (χ3n) is 3.26. The van der Waals surface area contributed by atoms with E-state index in [0.717, 1.165) is 0 Å². The molecule has 0 atom stereocenters. The van der Waals surface area contributed by atoms with E-state index < -0.39 is 11.7 Å². The molecular weight excluding hydrogens is 352 g/mol. The van der Waals surface area contributed by atoms with Crippen molar-refractivity contribution in [2.45, 2.75) is 15.8 Å². The van der Waals surface area contributed by atoms with E-state index in [9.17, 15) is 13.6 Å². The molecule has 0 fully saturated rings. The smallest absolute Gasteiger partial charge is 0.288 e. The van der Waals surface area contributed by atoms with Gasteiger partial charge in [-0.15, -0.1) is 0 Å². The lowest BCUT2D eigenvalue weighted by atomic mass is 10.3. The molecule has 0 radical (unpaired) electrons. The first-order valence-corrected chi connectivity index (χ1v) is 9.07. The van der Waals surface area contributed by atoms with E-state index in [1.54, 1.807) is 30.3 Å². The number of halogens is 2. The maximum atomic E-state index is 12.7. The summed E-state index contributed by atoms with van der Waals surface area (Å²) in [5, 5.41) is 3.37. The van der Waals surface area contributed by atoms with E-state index in [1.165, 1.54) is 11.8 Å². The molecule has 2 aromatic heterocycles. The van der Waals surface area contributed by atoms with Crippen molar-refractivity contribution in [2.24, 2.45) is 0 Å². The number of nitrogens with one attached hydrogen (secondary N) is 1. The number of pyridine rings is 1. The van der Waals surface area contributed by atoms with Gasteiger partial charge in [-0.2, -0.15) is 8.78 Å². The van der Waals surface area contributed by atoms with E-state index in [2.05, 4.69) is 10.3 Å². The van der Waals surface area contributed by atoms with E-state index in [1.807, 2.05) is 29.0 Å². The molecule has 1 aromatic carbocycles. The van der Waals surface area contributed by atoms with Crippen LogP contribution in [-0.4, -0.2) is 27.3 Å². The number of hydrogen-bond donors (Lipinski definition) is 1. The molecule has 4 nitrogen and oxygen atoms in total. The number of anilines is 1. The number of amides is 1. The molecule has 0 aliphatic heterocycles. The molecule has 24 heavy (non-hydrogen) atoms. The highest BCUT2D eigenvalue weighted by Crippen LogP contribution is 2.32. The number of fused-ring (bicyclic) bond motifs is 1. The fourth-order valence-electron chi connectivity index (χ4n) is 2.27. The number of carbonyl (C=O) groups excluding carboxylic acids is 1. The van der Waals surface area contributed by atoms with Gasteiger partial charge in [0.1, 0.15) is 0 Å². The number of carbonyl (C=O) groups is 1. The van der Waals surface area contributed by atoms with Crippen LogP contribution in [0.25, 0.3) is 5.52 Å². The average Bonchev–Trinajstić information content (AvgIpc) is 2.95. The number of rotatable bonds is 5. The first-order chi connectivity index (χ1) is 11.6. The van der Waals surface area contributed by atoms with Crippen LogP contribution in [0.5, 0.6) is 0 Å². The summed E-state index contributed by atoms with van der Waals surface area (Å²) in [7, 11) is 0. The Bertz CT molecular complexity index is 883. The van der Waals surface area contributed by atoms with Crippen molar-refractivity contribution in [1.29, 1.82) is 0 Å². The SMILES string of the molecule is CSc1nc(C(=O)Nc2ccccc2SC(F)F)c2ccccn12. The van der Waals surface area contributed by atoms with Crippen molar-refractivity contribution < 1.29 is 13.6 Å². The van der Waals surface area contributed by atoms with Gasteiger partial charge in [0, 0.05) is 11.1 Å². The number of aromatic nitrogens is 2. The summed E-state index contributed by atoms with van der Waals surface area (Å²) >= 11 is 1.82. The van der Waals surface area contributed by atoms with E-state index in [4.69, 9.17) is 0 Å². The lowest BCUT2D eigenvalue weighted by Gasteiger charge is -2.09. The maximum absolute atomic E-state index is 12.7. The Labute approximate surface area is 145 Å². The van der Waals surface area contributed by atoms with Crippen molar-refractivity contribution in [3.8, 4) is 0 Å². The predicted octanol–water partition coefficient (Wildman–Crippen LogP) is 4.62. The van der Waals surface area contributed by atoms with Gasteiger partial charge in [-0.25, -0.2) is 4.98 Å². The van der Waals surface area contributed by atoms with Crippen LogP contribution in [0.1, 0.15) is 10.5 Å². The van der Waals surface area contributed by atoms with Crippen molar-refractivity contribution in [3.63, 3.8) is 0 Å². The minimum Gasteiger partial charge on any atom is -0.320 e. The van der Waals surface area contributed by atoms with Gasteiger partial charge in [0.2, 0.25) is 0 Å². The summed E-state index contributed by atoms with van der Waals surface area (Å²) in [6.45, 7) is 0. The van der Waals surface area contributed by atoms with Crippen LogP contribution in [0.15, 0.2) is 58.7 Å². The third kappa shape index (κ3) is 3.39. The first-order valence-electron chi connectivity index (χ1n) is 6.96. The van der Waals surface area contributed by atoms with Crippen molar-refractivity contribution >= 4 is 40.6 Å². The Kier molecular flexibility index (Phi) is 5.06. The molecule has 8 heteroatoms. The second-order valence-corrected chi connectivity index (χ2v) is 6.54. The molecule has 0 unspecified atom stereocenters. The number of imidazole rings is 1. The molecule has 0 aliphatic rings. The number of para-hydroxylation sites is 1. The van der Waals surface area contributed by atoms with Crippen LogP contribution in [0.4, 0.5) is 14.5 Å². The first kappa shape index (κ1) is 16.8. The number of benzene rings is 1. The zero-order valence-electron chi connectivity index (χ0n) is 12.6. The molecule has 0 saturated carbocycles. The number of nitrogens with zero attached hydrogens (tertiary/aromatic N) is 2. The van der Waals surface area contributed by atoms with E-state index >= 15 is 0 Å². The largest absolute Gasteiger partial charge is 0.320 e. The normalized spacial score (nSPS) is 11.2. The molecule has 0 aliphatic carbocycles. The Hall–Kier alpha value is -2.06. The fourth-order valence-corrected chi connectivity index (χ4v) is 3.40. The Morgan fingerprint density at radius 2 is 1.96 bits per heavy atom. The molecule has 0 spiro atoms. The van der Waals surface area contributed by atoms with Crippen LogP contribution in [0.3, 0.4) is 0 Å².